The van der Waals surface area contributed by atoms with Crippen LogP contribution in [0.4, 0.5) is 0 Å². The number of methoxy groups -OCH3 is 2. The molecular formula is C16H26O4Si. The molecule has 0 atom stereocenters. The number of carbonyl (C=O) groups is 1. The predicted octanol–water partition coefficient (Wildman–Crippen LogP) is 4.00. The molecule has 1 aromatic rings. The third kappa shape index (κ3) is 4.31. The zero-order chi connectivity index (χ0) is 16.3. The maximum atomic E-state index is 11.6. The lowest BCUT2D eigenvalue weighted by molar-refractivity contribution is 0.0597. The molecule has 1 rings (SSSR count). The van der Waals surface area contributed by atoms with Gasteiger partial charge in [0.05, 0.1) is 20.8 Å². The topological polar surface area (TPSA) is 44.8 Å². The molecule has 0 fully saturated rings. The van der Waals surface area contributed by atoms with Crippen LogP contribution in [0.1, 0.15) is 36.7 Å². The maximum absolute atomic E-state index is 11.6. The molecule has 0 radical (unpaired) electrons. The first-order chi connectivity index (χ1) is 9.62. The van der Waals surface area contributed by atoms with Crippen LogP contribution in [0.5, 0.6) is 5.75 Å². The van der Waals surface area contributed by atoms with Gasteiger partial charge in [-0.3, -0.25) is 0 Å². The summed E-state index contributed by atoms with van der Waals surface area (Å²) in [5.41, 5.74) is 1.42. The van der Waals surface area contributed by atoms with Crippen LogP contribution in [-0.2, 0) is 15.8 Å². The van der Waals surface area contributed by atoms with E-state index in [0.717, 1.165) is 5.56 Å². The summed E-state index contributed by atoms with van der Waals surface area (Å²) in [5, 5.41) is 0.170. The fourth-order valence-corrected chi connectivity index (χ4v) is 2.54. The second-order valence-electron chi connectivity index (χ2n) is 6.58. The van der Waals surface area contributed by atoms with E-state index >= 15 is 0 Å². The van der Waals surface area contributed by atoms with Crippen LogP contribution in [-0.4, -0.2) is 28.5 Å². The van der Waals surface area contributed by atoms with Gasteiger partial charge >= 0.3 is 5.97 Å². The summed E-state index contributed by atoms with van der Waals surface area (Å²) >= 11 is 0. The van der Waals surface area contributed by atoms with Crippen molar-refractivity contribution in [1.82, 2.24) is 0 Å². The van der Waals surface area contributed by atoms with E-state index in [4.69, 9.17) is 13.9 Å². The highest BCUT2D eigenvalue weighted by Gasteiger charge is 2.37. The van der Waals surface area contributed by atoms with E-state index in [1.807, 2.05) is 12.1 Å². The second kappa shape index (κ2) is 6.62. The SMILES string of the molecule is COC(=O)c1ccc(CO[Si](C)(C)C(C)(C)C)cc1OC. The normalized spacial score (nSPS) is 12.1. The van der Waals surface area contributed by atoms with Gasteiger partial charge < -0.3 is 13.9 Å². The smallest absolute Gasteiger partial charge is 0.341 e. The largest absolute Gasteiger partial charge is 0.496 e. The molecule has 0 saturated carbocycles. The Labute approximate surface area is 128 Å². The second-order valence-corrected chi connectivity index (χ2v) is 11.4. The minimum atomic E-state index is -1.79. The molecule has 0 spiro atoms. The minimum Gasteiger partial charge on any atom is -0.496 e. The van der Waals surface area contributed by atoms with Crippen LogP contribution < -0.4 is 4.74 Å². The van der Waals surface area contributed by atoms with Gasteiger partial charge in [-0.05, 0) is 35.8 Å². The molecule has 0 aliphatic heterocycles. The van der Waals surface area contributed by atoms with Crippen molar-refractivity contribution in [1.29, 1.82) is 0 Å². The maximum Gasteiger partial charge on any atom is 0.341 e. The third-order valence-corrected chi connectivity index (χ3v) is 8.56. The Morgan fingerprint density at radius 1 is 1.19 bits per heavy atom. The Hall–Kier alpha value is -1.33. The predicted molar refractivity (Wildman–Crippen MR) is 86.3 cm³/mol. The van der Waals surface area contributed by atoms with E-state index in [1.54, 1.807) is 13.2 Å². The van der Waals surface area contributed by atoms with E-state index in [2.05, 4.69) is 33.9 Å². The minimum absolute atomic E-state index is 0.170. The number of hydrogen-bond acceptors (Lipinski definition) is 4. The average molecular weight is 310 g/mol. The van der Waals surface area contributed by atoms with Crippen LogP contribution in [0.2, 0.25) is 18.1 Å². The number of esters is 1. The van der Waals surface area contributed by atoms with Crippen molar-refractivity contribution in [3.05, 3.63) is 29.3 Å². The summed E-state index contributed by atoms with van der Waals surface area (Å²) in [7, 11) is 1.11. The first-order valence-electron chi connectivity index (χ1n) is 7.01. The highest BCUT2D eigenvalue weighted by Crippen LogP contribution is 2.37. The molecule has 0 saturated heterocycles. The van der Waals surface area contributed by atoms with E-state index in [1.165, 1.54) is 7.11 Å². The number of rotatable bonds is 5. The van der Waals surface area contributed by atoms with Gasteiger partial charge in [0, 0.05) is 0 Å². The van der Waals surface area contributed by atoms with Gasteiger partial charge in [-0.15, -0.1) is 0 Å². The summed E-state index contributed by atoms with van der Waals surface area (Å²) in [6.07, 6.45) is 0. The molecule has 0 N–H and O–H groups in total. The Bertz CT molecular complexity index is 503. The Morgan fingerprint density at radius 2 is 1.81 bits per heavy atom. The molecule has 0 aliphatic carbocycles. The Kier molecular flexibility index (Phi) is 5.59. The number of ether oxygens (including phenoxy) is 2. The molecule has 118 valence electrons. The molecule has 0 heterocycles. The Balaban J connectivity index is 2.90. The molecule has 0 bridgehead atoms. The van der Waals surface area contributed by atoms with Gasteiger partial charge in [-0.1, -0.05) is 26.8 Å². The van der Waals surface area contributed by atoms with Crippen molar-refractivity contribution < 1.29 is 18.7 Å². The fourth-order valence-electron chi connectivity index (χ4n) is 1.58. The van der Waals surface area contributed by atoms with Crippen molar-refractivity contribution in [3.63, 3.8) is 0 Å². The summed E-state index contributed by atoms with van der Waals surface area (Å²) in [4.78, 5) is 11.6. The summed E-state index contributed by atoms with van der Waals surface area (Å²) < 4.78 is 16.2. The third-order valence-electron chi connectivity index (χ3n) is 4.08. The molecule has 0 aromatic heterocycles. The zero-order valence-corrected chi connectivity index (χ0v) is 15.1. The zero-order valence-electron chi connectivity index (χ0n) is 14.1. The van der Waals surface area contributed by atoms with Gasteiger partial charge in [-0.25, -0.2) is 4.79 Å². The fraction of sp³-hybridized carbons (Fsp3) is 0.562. The summed E-state index contributed by atoms with van der Waals surface area (Å²) in [5.74, 6) is 0.113. The molecule has 1 aromatic carbocycles. The van der Waals surface area contributed by atoms with Gasteiger partial charge in [0.2, 0.25) is 0 Å². The van der Waals surface area contributed by atoms with Crippen molar-refractivity contribution in [2.45, 2.75) is 45.5 Å². The monoisotopic (exact) mass is 310 g/mol. The van der Waals surface area contributed by atoms with Crippen LogP contribution in [0.25, 0.3) is 0 Å². The Morgan fingerprint density at radius 3 is 2.29 bits per heavy atom. The number of benzene rings is 1. The van der Waals surface area contributed by atoms with E-state index in [0.29, 0.717) is 17.9 Å². The van der Waals surface area contributed by atoms with E-state index in [9.17, 15) is 4.79 Å². The van der Waals surface area contributed by atoms with Gasteiger partial charge in [0.15, 0.2) is 8.32 Å². The first kappa shape index (κ1) is 17.7. The van der Waals surface area contributed by atoms with E-state index < -0.39 is 14.3 Å². The summed E-state index contributed by atoms with van der Waals surface area (Å²) in [6.45, 7) is 11.6. The molecule has 21 heavy (non-hydrogen) atoms. The standard InChI is InChI=1S/C16H26O4Si/c1-16(2,3)21(6,7)20-11-12-8-9-13(15(17)19-5)14(10-12)18-4/h8-10H,11H2,1-7H3. The molecule has 0 unspecified atom stereocenters. The van der Waals surface area contributed by atoms with Crippen LogP contribution in [0.3, 0.4) is 0 Å². The van der Waals surface area contributed by atoms with E-state index in [-0.39, 0.29) is 5.04 Å². The van der Waals surface area contributed by atoms with Crippen molar-refractivity contribution in [2.24, 2.45) is 0 Å². The molecule has 5 heteroatoms. The average Bonchev–Trinajstić information content (AvgIpc) is 2.42. The van der Waals surface area contributed by atoms with Crippen molar-refractivity contribution in [2.75, 3.05) is 14.2 Å². The quantitative estimate of drug-likeness (QED) is 0.609. The van der Waals surface area contributed by atoms with Crippen LogP contribution >= 0.6 is 0 Å². The first-order valence-corrected chi connectivity index (χ1v) is 9.92. The highest BCUT2D eigenvalue weighted by atomic mass is 28.4. The molecule has 4 nitrogen and oxygen atoms in total. The van der Waals surface area contributed by atoms with Crippen molar-refractivity contribution in [3.8, 4) is 5.75 Å². The molecular weight excluding hydrogens is 284 g/mol. The van der Waals surface area contributed by atoms with Crippen LogP contribution in [0, 0.1) is 0 Å². The van der Waals surface area contributed by atoms with Gasteiger partial charge in [-0.2, -0.15) is 0 Å². The number of carbonyl (C=O) groups excluding carboxylic acids is 1. The van der Waals surface area contributed by atoms with Gasteiger partial charge in [0.1, 0.15) is 11.3 Å². The number of hydrogen-bond donors (Lipinski definition) is 0. The lowest BCUT2D eigenvalue weighted by Crippen LogP contribution is -2.40. The van der Waals surface area contributed by atoms with Crippen molar-refractivity contribution >= 4 is 14.3 Å². The lowest BCUT2D eigenvalue weighted by atomic mass is 10.1. The highest BCUT2D eigenvalue weighted by molar-refractivity contribution is 6.74. The van der Waals surface area contributed by atoms with Crippen LogP contribution in [0.15, 0.2) is 18.2 Å². The lowest BCUT2D eigenvalue weighted by Gasteiger charge is -2.36. The molecule has 0 amide bonds. The molecule has 0 aliphatic rings. The summed E-state index contributed by atoms with van der Waals surface area (Å²) in [6, 6.07) is 5.43. The van der Waals surface area contributed by atoms with Gasteiger partial charge in [0.25, 0.3) is 0 Å².